The number of carbonyl (C=O) groups is 3. The normalized spacial score (nSPS) is 29.7. The molecule has 5 rings (SSSR count). The maximum absolute atomic E-state index is 14.3. The van der Waals surface area contributed by atoms with Crippen LogP contribution in [0, 0.1) is 17.8 Å². The highest BCUT2D eigenvalue weighted by Gasteiger charge is 2.77. The summed E-state index contributed by atoms with van der Waals surface area (Å²) in [4.78, 5) is 43.5. The second-order valence-corrected chi connectivity index (χ2v) is 12.5. The minimum atomic E-state index is -1.26. The van der Waals surface area contributed by atoms with Crippen LogP contribution in [0.25, 0.3) is 0 Å². The molecule has 0 radical (unpaired) electrons. The van der Waals surface area contributed by atoms with E-state index in [1.807, 2.05) is 20.8 Å². The number of likely N-dealkylation sites (tertiary alicyclic amines) is 1. The molecule has 3 fully saturated rings. The number of alkyl halides is 1. The minimum Gasteiger partial charge on any atom is -0.494 e. The number of carbonyl (C=O) groups excluding carboxylic acids is 3. The largest absolute Gasteiger partial charge is 0.494 e. The topological polar surface area (TPSA) is 117 Å². The number of nitrogens with zero attached hydrogens (tertiary/aromatic N) is 1. The van der Waals surface area contributed by atoms with Crippen LogP contribution in [0.3, 0.4) is 0 Å². The van der Waals surface area contributed by atoms with Gasteiger partial charge in [-0.3, -0.25) is 14.4 Å². The van der Waals surface area contributed by atoms with Gasteiger partial charge in [-0.1, -0.05) is 59.9 Å². The molecule has 220 valence electrons. The van der Waals surface area contributed by atoms with Crippen molar-refractivity contribution in [2.24, 2.45) is 17.8 Å². The molecule has 2 aromatic rings. The van der Waals surface area contributed by atoms with E-state index < -0.39 is 41.5 Å². The summed E-state index contributed by atoms with van der Waals surface area (Å²) in [5, 5.41) is 16.6. The van der Waals surface area contributed by atoms with Crippen LogP contribution < -0.4 is 15.4 Å². The lowest BCUT2D eigenvalue weighted by molar-refractivity contribution is -0.144. The van der Waals surface area contributed by atoms with Crippen LogP contribution in [0.2, 0.25) is 5.02 Å². The zero-order valence-corrected chi connectivity index (χ0v) is 25.5. The third-order valence-corrected chi connectivity index (χ3v) is 9.86. The smallest absolute Gasteiger partial charge is 0.250 e. The molecule has 9 nitrogen and oxygen atoms in total. The Morgan fingerprint density at radius 1 is 1.17 bits per heavy atom. The standard InChI is InChI=1S/C30H35BrClN3O6/c1-4-16(3)22(15-36)35-26(28(38)34-21-9-7-6-8-20(21)32)30-14-19(31)25(41-30)23(24(30)29(35)39)27(37)33-17-10-12-18(13-11-17)40-5-2/h6-13,16,19,22-26,36H,4-5,14-15H2,1-3H3,(H,33,37)(H,34,38)/t16-,19?,22-,23-,24-,25-,26?,30?/m0/s1. The van der Waals surface area contributed by atoms with Crippen molar-refractivity contribution in [2.75, 3.05) is 23.8 Å². The van der Waals surface area contributed by atoms with E-state index in [0.29, 0.717) is 41.6 Å². The molecule has 2 aromatic carbocycles. The molecule has 0 aromatic heterocycles. The highest BCUT2D eigenvalue weighted by atomic mass is 79.9. The predicted molar refractivity (Wildman–Crippen MR) is 159 cm³/mol. The highest BCUT2D eigenvalue weighted by molar-refractivity contribution is 9.09. The number of benzene rings is 2. The van der Waals surface area contributed by atoms with Crippen molar-refractivity contribution in [3.8, 4) is 5.75 Å². The fourth-order valence-electron chi connectivity index (χ4n) is 6.63. The second kappa shape index (κ2) is 11.9. The average Bonchev–Trinajstić information content (AvgIpc) is 3.55. The van der Waals surface area contributed by atoms with Crippen LogP contribution in [0.5, 0.6) is 5.75 Å². The van der Waals surface area contributed by atoms with Gasteiger partial charge in [-0.05, 0) is 55.7 Å². The molecule has 3 amide bonds. The minimum absolute atomic E-state index is 0.108. The number of ether oxygens (including phenoxy) is 2. The maximum atomic E-state index is 14.3. The van der Waals surface area contributed by atoms with Gasteiger partial charge in [0.05, 0.1) is 47.9 Å². The summed E-state index contributed by atoms with van der Waals surface area (Å²) in [5.74, 6) is -2.36. The van der Waals surface area contributed by atoms with Crippen molar-refractivity contribution in [1.29, 1.82) is 0 Å². The quantitative estimate of drug-likeness (QED) is 0.328. The Morgan fingerprint density at radius 3 is 2.51 bits per heavy atom. The molecule has 3 unspecified atom stereocenters. The predicted octanol–water partition coefficient (Wildman–Crippen LogP) is 4.47. The van der Waals surface area contributed by atoms with Gasteiger partial charge in [-0.25, -0.2) is 0 Å². The molecule has 3 aliphatic heterocycles. The number of amides is 3. The number of anilines is 2. The number of para-hydroxylation sites is 1. The Bertz CT molecular complexity index is 1310. The van der Waals surface area contributed by atoms with Crippen molar-refractivity contribution in [1.82, 2.24) is 4.90 Å². The monoisotopic (exact) mass is 647 g/mol. The number of aliphatic hydroxyl groups excluding tert-OH is 1. The summed E-state index contributed by atoms with van der Waals surface area (Å²) in [6.45, 7) is 5.99. The van der Waals surface area contributed by atoms with E-state index in [0.717, 1.165) is 0 Å². The van der Waals surface area contributed by atoms with Crippen molar-refractivity contribution in [3.05, 3.63) is 53.6 Å². The Balaban J connectivity index is 1.51. The Hall–Kier alpha value is -2.66. The first-order valence-corrected chi connectivity index (χ1v) is 15.3. The van der Waals surface area contributed by atoms with E-state index in [4.69, 9.17) is 21.1 Å². The zero-order valence-electron chi connectivity index (χ0n) is 23.2. The summed E-state index contributed by atoms with van der Waals surface area (Å²) >= 11 is 10.0. The number of hydrogen-bond donors (Lipinski definition) is 3. The third kappa shape index (κ3) is 5.13. The molecule has 0 saturated carbocycles. The molecule has 3 N–H and O–H groups in total. The van der Waals surface area contributed by atoms with E-state index in [1.54, 1.807) is 48.5 Å². The Labute approximate surface area is 253 Å². The molecule has 3 aliphatic rings. The van der Waals surface area contributed by atoms with Crippen LogP contribution in [-0.4, -0.2) is 69.6 Å². The number of aliphatic hydroxyl groups is 1. The van der Waals surface area contributed by atoms with E-state index in [9.17, 15) is 19.5 Å². The molecular formula is C30H35BrClN3O6. The third-order valence-electron chi connectivity index (χ3n) is 8.69. The van der Waals surface area contributed by atoms with Crippen molar-refractivity contribution < 1.29 is 29.0 Å². The molecule has 8 atom stereocenters. The van der Waals surface area contributed by atoms with Gasteiger partial charge in [-0.15, -0.1) is 0 Å². The maximum Gasteiger partial charge on any atom is 0.250 e. The van der Waals surface area contributed by atoms with Crippen LogP contribution >= 0.6 is 27.5 Å². The number of fused-ring (bicyclic) bond motifs is 1. The molecular weight excluding hydrogens is 614 g/mol. The van der Waals surface area contributed by atoms with Crippen LogP contribution in [-0.2, 0) is 19.1 Å². The van der Waals surface area contributed by atoms with Crippen molar-refractivity contribution in [3.63, 3.8) is 0 Å². The highest BCUT2D eigenvalue weighted by Crippen LogP contribution is 2.60. The summed E-state index contributed by atoms with van der Waals surface area (Å²) in [5.41, 5.74) is -0.295. The van der Waals surface area contributed by atoms with E-state index in [1.165, 1.54) is 4.90 Å². The number of rotatable bonds is 10. The van der Waals surface area contributed by atoms with Gasteiger partial charge in [0, 0.05) is 10.5 Å². The summed E-state index contributed by atoms with van der Waals surface area (Å²) in [6.07, 6.45) is 0.426. The van der Waals surface area contributed by atoms with E-state index >= 15 is 0 Å². The summed E-state index contributed by atoms with van der Waals surface area (Å²) in [7, 11) is 0. The van der Waals surface area contributed by atoms with Crippen LogP contribution in [0.4, 0.5) is 11.4 Å². The fraction of sp³-hybridized carbons (Fsp3) is 0.500. The molecule has 3 heterocycles. The summed E-state index contributed by atoms with van der Waals surface area (Å²) in [6, 6.07) is 12.2. The van der Waals surface area contributed by atoms with Gasteiger partial charge in [0.25, 0.3) is 0 Å². The number of halogens is 2. The average molecular weight is 649 g/mol. The fourth-order valence-corrected chi connectivity index (χ4v) is 7.75. The summed E-state index contributed by atoms with van der Waals surface area (Å²) < 4.78 is 12.1. The van der Waals surface area contributed by atoms with Gasteiger partial charge in [0.2, 0.25) is 17.7 Å². The first-order chi connectivity index (χ1) is 19.7. The number of hydrogen-bond acceptors (Lipinski definition) is 6. The van der Waals surface area contributed by atoms with Crippen molar-refractivity contribution >= 4 is 56.6 Å². The first-order valence-electron chi connectivity index (χ1n) is 14.0. The van der Waals surface area contributed by atoms with Gasteiger partial charge in [-0.2, -0.15) is 0 Å². The Morgan fingerprint density at radius 2 is 1.88 bits per heavy atom. The molecule has 11 heteroatoms. The lowest BCUT2D eigenvalue weighted by Crippen LogP contribution is -2.57. The molecule has 41 heavy (non-hydrogen) atoms. The second-order valence-electron chi connectivity index (χ2n) is 11.0. The van der Waals surface area contributed by atoms with Crippen LogP contribution in [0.15, 0.2) is 48.5 Å². The van der Waals surface area contributed by atoms with Gasteiger partial charge >= 0.3 is 0 Å². The molecule has 0 aliphatic carbocycles. The van der Waals surface area contributed by atoms with Gasteiger partial charge in [0.15, 0.2) is 0 Å². The van der Waals surface area contributed by atoms with Gasteiger partial charge in [0.1, 0.15) is 17.4 Å². The van der Waals surface area contributed by atoms with Gasteiger partial charge < -0.3 is 30.1 Å². The Kier molecular flexibility index (Phi) is 8.66. The van der Waals surface area contributed by atoms with Crippen LogP contribution in [0.1, 0.15) is 33.6 Å². The molecule has 1 spiro atoms. The molecule has 3 saturated heterocycles. The first kappa shape index (κ1) is 29.8. The lowest BCUT2D eigenvalue weighted by atomic mass is 9.70. The van der Waals surface area contributed by atoms with Crippen molar-refractivity contribution in [2.45, 2.75) is 62.2 Å². The van der Waals surface area contributed by atoms with E-state index in [-0.39, 0.29) is 29.2 Å². The zero-order chi connectivity index (χ0) is 29.5. The SMILES string of the molecule is CCOc1ccc(NC(=O)[C@H]2[C@H]3C(=O)N([C@@H](CO)[C@@H](C)CC)C(C(=O)Nc4ccccc4Cl)C34CC(Br)[C@@H]2O4)cc1. The lowest BCUT2D eigenvalue weighted by Gasteiger charge is -2.38. The molecule has 2 bridgehead atoms. The number of nitrogens with one attached hydrogen (secondary N) is 2. The van der Waals surface area contributed by atoms with E-state index in [2.05, 4.69) is 26.6 Å².